The summed E-state index contributed by atoms with van der Waals surface area (Å²) >= 11 is 0. The summed E-state index contributed by atoms with van der Waals surface area (Å²) in [6.07, 6.45) is 3.66. The second kappa shape index (κ2) is 6.76. The van der Waals surface area contributed by atoms with E-state index in [4.69, 9.17) is 5.73 Å². The molecule has 100 valence electrons. The number of hydrogen-bond donors (Lipinski definition) is 1. The van der Waals surface area contributed by atoms with E-state index >= 15 is 0 Å². The van der Waals surface area contributed by atoms with Crippen LogP contribution in [-0.4, -0.2) is 44.2 Å². The van der Waals surface area contributed by atoms with E-state index in [2.05, 4.69) is 47.2 Å². The van der Waals surface area contributed by atoms with Crippen molar-refractivity contribution >= 4 is 5.69 Å². The van der Waals surface area contributed by atoms with Crippen LogP contribution in [0.3, 0.4) is 0 Å². The van der Waals surface area contributed by atoms with Gasteiger partial charge in [-0.15, -0.1) is 0 Å². The monoisotopic (exact) mass is 247 g/mol. The summed E-state index contributed by atoms with van der Waals surface area (Å²) in [7, 11) is 2.16. The van der Waals surface area contributed by atoms with Crippen LogP contribution in [0.2, 0.25) is 0 Å². The normalized spacial score (nSPS) is 20.9. The Labute approximate surface area is 111 Å². The van der Waals surface area contributed by atoms with Gasteiger partial charge in [0.1, 0.15) is 0 Å². The molecule has 0 bridgehead atoms. The first-order chi connectivity index (χ1) is 8.75. The van der Waals surface area contributed by atoms with E-state index in [0.29, 0.717) is 6.04 Å². The number of rotatable bonds is 5. The Hall–Kier alpha value is -1.06. The molecular formula is C15H25N3. The summed E-state index contributed by atoms with van der Waals surface area (Å²) in [5, 5.41) is 0. The highest BCUT2D eigenvalue weighted by molar-refractivity contribution is 5.44. The third kappa shape index (κ3) is 4.00. The van der Waals surface area contributed by atoms with Crippen LogP contribution in [0.25, 0.3) is 0 Å². The van der Waals surface area contributed by atoms with Gasteiger partial charge in [0.25, 0.3) is 0 Å². The van der Waals surface area contributed by atoms with Gasteiger partial charge in [0.05, 0.1) is 0 Å². The van der Waals surface area contributed by atoms with Gasteiger partial charge in [-0.1, -0.05) is 18.2 Å². The Kier molecular flexibility index (Phi) is 5.02. The highest BCUT2D eigenvalue weighted by Crippen LogP contribution is 2.12. The maximum atomic E-state index is 6.00. The summed E-state index contributed by atoms with van der Waals surface area (Å²) < 4.78 is 0. The van der Waals surface area contributed by atoms with Crippen molar-refractivity contribution in [2.45, 2.75) is 25.3 Å². The van der Waals surface area contributed by atoms with E-state index in [9.17, 15) is 0 Å². The van der Waals surface area contributed by atoms with E-state index < -0.39 is 0 Å². The quantitative estimate of drug-likeness (QED) is 0.863. The number of likely N-dealkylation sites (tertiary alicyclic amines) is 1. The molecule has 0 saturated carbocycles. The molecule has 0 aromatic heterocycles. The maximum absolute atomic E-state index is 6.00. The lowest BCUT2D eigenvalue weighted by Gasteiger charge is -2.31. The van der Waals surface area contributed by atoms with Crippen LogP contribution in [0.15, 0.2) is 30.3 Å². The topological polar surface area (TPSA) is 32.5 Å². The lowest BCUT2D eigenvalue weighted by molar-refractivity contribution is 0.208. The molecule has 0 aliphatic carbocycles. The van der Waals surface area contributed by atoms with E-state index in [0.717, 1.165) is 13.1 Å². The summed E-state index contributed by atoms with van der Waals surface area (Å²) in [4.78, 5) is 4.83. The van der Waals surface area contributed by atoms with Crippen LogP contribution in [0.4, 0.5) is 5.69 Å². The minimum Gasteiger partial charge on any atom is -0.375 e. The Bertz CT molecular complexity index is 339. The second-order valence-corrected chi connectivity index (χ2v) is 5.31. The molecule has 3 nitrogen and oxygen atoms in total. The highest BCUT2D eigenvalue weighted by Gasteiger charge is 2.15. The van der Waals surface area contributed by atoms with Gasteiger partial charge in [0, 0.05) is 31.9 Å². The van der Waals surface area contributed by atoms with E-state index in [1.807, 2.05) is 0 Å². The van der Waals surface area contributed by atoms with Crippen LogP contribution >= 0.6 is 0 Å². The molecule has 18 heavy (non-hydrogen) atoms. The first-order valence-electron chi connectivity index (χ1n) is 7.00. The Morgan fingerprint density at radius 1 is 1.33 bits per heavy atom. The largest absolute Gasteiger partial charge is 0.375 e. The molecular weight excluding hydrogens is 222 g/mol. The lowest BCUT2D eigenvalue weighted by Crippen LogP contribution is -2.43. The first kappa shape index (κ1) is 13.4. The SMILES string of the molecule is CN(CCCN1CCCC(N)C1)c1ccccc1. The molecule has 1 heterocycles. The average Bonchev–Trinajstić information content (AvgIpc) is 2.40. The smallest absolute Gasteiger partial charge is 0.0363 e. The number of para-hydroxylation sites is 1. The van der Waals surface area contributed by atoms with Gasteiger partial charge in [-0.3, -0.25) is 0 Å². The van der Waals surface area contributed by atoms with Crippen LogP contribution in [0.1, 0.15) is 19.3 Å². The zero-order valence-corrected chi connectivity index (χ0v) is 11.4. The molecule has 2 N–H and O–H groups in total. The van der Waals surface area contributed by atoms with Crippen LogP contribution < -0.4 is 10.6 Å². The van der Waals surface area contributed by atoms with Gasteiger partial charge in [-0.2, -0.15) is 0 Å². The Morgan fingerprint density at radius 2 is 2.11 bits per heavy atom. The maximum Gasteiger partial charge on any atom is 0.0363 e. The fraction of sp³-hybridized carbons (Fsp3) is 0.600. The van der Waals surface area contributed by atoms with Crippen LogP contribution in [0, 0.1) is 0 Å². The van der Waals surface area contributed by atoms with Gasteiger partial charge in [0.2, 0.25) is 0 Å². The van der Waals surface area contributed by atoms with Crippen molar-refractivity contribution in [1.29, 1.82) is 0 Å². The zero-order chi connectivity index (χ0) is 12.8. The summed E-state index contributed by atoms with van der Waals surface area (Å²) in [5.41, 5.74) is 7.29. The molecule has 0 spiro atoms. The van der Waals surface area contributed by atoms with Gasteiger partial charge in [0.15, 0.2) is 0 Å². The molecule has 1 unspecified atom stereocenters. The molecule has 2 rings (SSSR count). The average molecular weight is 247 g/mol. The van der Waals surface area contributed by atoms with Gasteiger partial charge in [-0.25, -0.2) is 0 Å². The van der Waals surface area contributed by atoms with E-state index in [1.165, 1.54) is 38.0 Å². The third-order valence-corrected chi connectivity index (χ3v) is 3.71. The molecule has 3 heteroatoms. The zero-order valence-electron chi connectivity index (χ0n) is 11.4. The number of nitrogens with zero attached hydrogens (tertiary/aromatic N) is 2. The first-order valence-corrected chi connectivity index (χ1v) is 7.00. The molecule has 1 fully saturated rings. The molecule has 1 aromatic carbocycles. The van der Waals surface area contributed by atoms with Crippen LogP contribution in [-0.2, 0) is 0 Å². The standard InChI is InChI=1S/C15H25N3/c1-17(15-8-3-2-4-9-15)10-6-12-18-11-5-7-14(16)13-18/h2-4,8-9,14H,5-7,10-13,16H2,1H3. The van der Waals surface area contributed by atoms with Crippen molar-refractivity contribution in [1.82, 2.24) is 4.90 Å². The molecule has 1 aromatic rings. The van der Waals surface area contributed by atoms with E-state index in [1.54, 1.807) is 0 Å². The molecule has 1 aliphatic rings. The molecule has 1 aliphatic heterocycles. The molecule has 1 saturated heterocycles. The van der Waals surface area contributed by atoms with Gasteiger partial charge >= 0.3 is 0 Å². The molecule has 1 atom stereocenters. The number of hydrogen-bond acceptors (Lipinski definition) is 3. The number of nitrogens with two attached hydrogens (primary N) is 1. The van der Waals surface area contributed by atoms with Crippen molar-refractivity contribution in [3.63, 3.8) is 0 Å². The molecule has 0 radical (unpaired) electrons. The predicted molar refractivity (Wildman–Crippen MR) is 78.0 cm³/mol. The van der Waals surface area contributed by atoms with Crippen molar-refractivity contribution in [2.75, 3.05) is 38.1 Å². The minimum atomic E-state index is 0.394. The number of piperidine rings is 1. The fourth-order valence-corrected chi connectivity index (χ4v) is 2.64. The van der Waals surface area contributed by atoms with Gasteiger partial charge in [-0.05, 0) is 44.5 Å². The highest BCUT2D eigenvalue weighted by atomic mass is 15.2. The summed E-state index contributed by atoms with van der Waals surface area (Å²) in [5.74, 6) is 0. The minimum absolute atomic E-state index is 0.394. The predicted octanol–water partition coefficient (Wildman–Crippen LogP) is 1.94. The van der Waals surface area contributed by atoms with Gasteiger partial charge < -0.3 is 15.5 Å². The van der Waals surface area contributed by atoms with Crippen molar-refractivity contribution in [2.24, 2.45) is 5.73 Å². The molecule has 0 amide bonds. The Balaban J connectivity index is 1.69. The summed E-state index contributed by atoms with van der Waals surface area (Å²) in [6.45, 7) is 4.58. The van der Waals surface area contributed by atoms with Crippen molar-refractivity contribution in [3.8, 4) is 0 Å². The van der Waals surface area contributed by atoms with Crippen molar-refractivity contribution in [3.05, 3.63) is 30.3 Å². The fourth-order valence-electron chi connectivity index (χ4n) is 2.64. The second-order valence-electron chi connectivity index (χ2n) is 5.31. The number of benzene rings is 1. The summed E-state index contributed by atoms with van der Waals surface area (Å²) in [6, 6.07) is 11.0. The van der Waals surface area contributed by atoms with Crippen LogP contribution in [0.5, 0.6) is 0 Å². The lowest BCUT2D eigenvalue weighted by atomic mass is 10.1. The van der Waals surface area contributed by atoms with E-state index in [-0.39, 0.29) is 0 Å². The number of anilines is 1. The van der Waals surface area contributed by atoms with Crippen molar-refractivity contribution < 1.29 is 0 Å². The third-order valence-electron chi connectivity index (χ3n) is 3.71. The Morgan fingerprint density at radius 3 is 2.83 bits per heavy atom.